The van der Waals surface area contributed by atoms with Gasteiger partial charge in [-0.3, -0.25) is 9.59 Å². The third-order valence-electron chi connectivity index (χ3n) is 4.80. The van der Waals surface area contributed by atoms with E-state index in [1.807, 2.05) is 18.2 Å². The van der Waals surface area contributed by atoms with Crippen LogP contribution in [0.15, 0.2) is 30.6 Å². The van der Waals surface area contributed by atoms with Gasteiger partial charge in [0.15, 0.2) is 0 Å². The number of carbonyl (C=O) groups excluding carboxylic acids is 2. The van der Waals surface area contributed by atoms with Crippen LogP contribution in [-0.2, 0) is 9.53 Å². The van der Waals surface area contributed by atoms with Crippen molar-refractivity contribution in [3.8, 4) is 0 Å². The summed E-state index contributed by atoms with van der Waals surface area (Å²) in [5.74, 6) is -0.0259. The van der Waals surface area contributed by atoms with Crippen LogP contribution in [-0.4, -0.2) is 71.6 Å². The highest BCUT2D eigenvalue weighted by molar-refractivity contribution is 5.99. The molecule has 2 amide bonds. The highest BCUT2D eigenvalue weighted by Gasteiger charge is 2.27. The molecule has 2 aromatic heterocycles. The van der Waals surface area contributed by atoms with Gasteiger partial charge in [0.05, 0.1) is 24.0 Å². The Morgan fingerprint density at radius 2 is 2.17 bits per heavy atom. The maximum Gasteiger partial charge on any atom is 0.267 e. The van der Waals surface area contributed by atoms with Gasteiger partial charge in [-0.2, -0.15) is 4.98 Å². The molecule has 11 nitrogen and oxygen atoms in total. The summed E-state index contributed by atoms with van der Waals surface area (Å²) in [5, 5.41) is 3.07. The molecule has 0 radical (unpaired) electrons. The van der Waals surface area contributed by atoms with Crippen LogP contribution in [0.5, 0.6) is 0 Å². The zero-order chi connectivity index (χ0) is 21.1. The van der Waals surface area contributed by atoms with E-state index in [0.29, 0.717) is 32.1 Å². The second-order valence-electron chi connectivity index (χ2n) is 6.79. The molecular weight excluding hydrogens is 388 g/mol. The van der Waals surface area contributed by atoms with Crippen molar-refractivity contribution in [2.75, 3.05) is 55.0 Å². The average Bonchev–Trinajstić information content (AvgIpc) is 3.21. The molecule has 1 saturated heterocycles. The largest absolute Gasteiger partial charge is 0.383 e. The van der Waals surface area contributed by atoms with E-state index in [4.69, 9.17) is 10.5 Å². The molecule has 4 rings (SSSR count). The molecule has 0 spiro atoms. The van der Waals surface area contributed by atoms with Gasteiger partial charge < -0.3 is 30.6 Å². The molecule has 1 fully saturated rings. The first kappa shape index (κ1) is 19.6. The van der Waals surface area contributed by atoms with E-state index >= 15 is 0 Å². The molecule has 11 heteroatoms. The Morgan fingerprint density at radius 1 is 1.30 bits per heavy atom. The van der Waals surface area contributed by atoms with E-state index in [2.05, 4.69) is 25.3 Å². The lowest BCUT2D eigenvalue weighted by Gasteiger charge is -2.34. The summed E-state index contributed by atoms with van der Waals surface area (Å²) in [7, 11) is 1.59. The fraction of sp³-hybridized carbons (Fsp3) is 0.316. The third kappa shape index (κ3) is 4.01. The van der Waals surface area contributed by atoms with E-state index in [1.54, 1.807) is 23.2 Å². The average molecular weight is 410 g/mol. The first-order valence-corrected chi connectivity index (χ1v) is 9.45. The molecule has 3 aromatic rings. The highest BCUT2D eigenvalue weighted by Crippen LogP contribution is 2.23. The Kier molecular flexibility index (Phi) is 5.44. The van der Waals surface area contributed by atoms with Crippen LogP contribution in [0.2, 0.25) is 0 Å². The zero-order valence-corrected chi connectivity index (χ0v) is 16.5. The number of nitrogens with two attached hydrogens (primary N) is 1. The molecule has 1 aromatic carbocycles. The molecular formula is C19H22N8O3. The van der Waals surface area contributed by atoms with Crippen LogP contribution in [0.4, 0.5) is 17.5 Å². The number of fused-ring (bicyclic) bond motifs is 1. The van der Waals surface area contributed by atoms with Crippen molar-refractivity contribution in [3.05, 3.63) is 36.3 Å². The SMILES string of the molecule is COCCNc1cc(C(N)=O)nc(N2CCN(c3ccc4nc[nH]c4c3)C(=O)C2)n1. The number of amides is 2. The Bertz CT molecular complexity index is 1080. The van der Waals surface area contributed by atoms with Gasteiger partial charge in [-0.05, 0) is 18.2 Å². The van der Waals surface area contributed by atoms with Crippen molar-refractivity contribution in [1.82, 2.24) is 19.9 Å². The van der Waals surface area contributed by atoms with Gasteiger partial charge in [0.25, 0.3) is 5.91 Å². The van der Waals surface area contributed by atoms with Crippen molar-refractivity contribution in [2.45, 2.75) is 0 Å². The van der Waals surface area contributed by atoms with Gasteiger partial charge in [-0.1, -0.05) is 0 Å². The van der Waals surface area contributed by atoms with Crippen molar-refractivity contribution in [1.29, 1.82) is 0 Å². The Hall–Kier alpha value is -3.73. The summed E-state index contributed by atoms with van der Waals surface area (Å²) in [6.07, 6.45) is 1.62. The molecule has 0 saturated carbocycles. The highest BCUT2D eigenvalue weighted by atomic mass is 16.5. The molecule has 3 heterocycles. The molecule has 4 N–H and O–H groups in total. The van der Waals surface area contributed by atoms with E-state index in [9.17, 15) is 9.59 Å². The number of hydrogen-bond acceptors (Lipinski definition) is 8. The number of anilines is 3. The quantitative estimate of drug-likeness (QED) is 0.474. The molecule has 0 unspecified atom stereocenters. The van der Waals surface area contributed by atoms with Crippen LogP contribution in [0.1, 0.15) is 10.5 Å². The van der Waals surface area contributed by atoms with Gasteiger partial charge in [-0.15, -0.1) is 0 Å². The number of nitrogens with zero attached hydrogens (tertiary/aromatic N) is 5. The molecule has 1 aliphatic rings. The predicted molar refractivity (Wildman–Crippen MR) is 112 cm³/mol. The van der Waals surface area contributed by atoms with Gasteiger partial charge >= 0.3 is 0 Å². The lowest BCUT2D eigenvalue weighted by Crippen LogP contribution is -2.51. The molecule has 0 aliphatic carbocycles. The minimum Gasteiger partial charge on any atom is -0.383 e. The monoisotopic (exact) mass is 410 g/mol. The fourth-order valence-electron chi connectivity index (χ4n) is 3.28. The summed E-state index contributed by atoms with van der Waals surface area (Å²) in [6.45, 7) is 2.03. The normalized spacial score (nSPS) is 14.4. The number of H-pyrrole nitrogens is 1. The van der Waals surface area contributed by atoms with Crippen molar-refractivity contribution in [2.24, 2.45) is 5.73 Å². The van der Waals surface area contributed by atoms with Crippen molar-refractivity contribution in [3.63, 3.8) is 0 Å². The zero-order valence-electron chi connectivity index (χ0n) is 16.5. The fourth-order valence-corrected chi connectivity index (χ4v) is 3.28. The first-order chi connectivity index (χ1) is 14.5. The van der Waals surface area contributed by atoms with Gasteiger partial charge in [0.1, 0.15) is 18.1 Å². The number of carbonyl (C=O) groups is 2. The predicted octanol–water partition coefficient (Wildman–Crippen LogP) is 0.363. The maximum absolute atomic E-state index is 12.8. The smallest absolute Gasteiger partial charge is 0.267 e. The standard InChI is InChI=1S/C19H22N8O3/c1-30-7-4-21-16-9-15(18(20)29)24-19(25-16)26-5-6-27(17(28)10-26)12-2-3-13-14(8-12)23-11-22-13/h2-3,8-9,11H,4-7,10H2,1H3,(H2,20,29)(H,22,23)(H,21,24,25). The molecule has 0 atom stereocenters. The number of imidazole rings is 1. The van der Waals surface area contributed by atoms with Gasteiger partial charge in [0.2, 0.25) is 11.9 Å². The van der Waals surface area contributed by atoms with Crippen LogP contribution >= 0.6 is 0 Å². The van der Waals surface area contributed by atoms with E-state index in [0.717, 1.165) is 16.7 Å². The second-order valence-corrected chi connectivity index (χ2v) is 6.79. The number of hydrogen-bond donors (Lipinski definition) is 3. The first-order valence-electron chi connectivity index (χ1n) is 9.45. The Morgan fingerprint density at radius 3 is 2.93 bits per heavy atom. The number of rotatable bonds is 7. The number of methoxy groups -OCH3 is 1. The number of aromatic amines is 1. The maximum atomic E-state index is 12.8. The van der Waals surface area contributed by atoms with E-state index in [1.165, 1.54) is 6.07 Å². The number of benzene rings is 1. The molecule has 1 aliphatic heterocycles. The number of piperazine rings is 1. The van der Waals surface area contributed by atoms with Crippen LogP contribution in [0.3, 0.4) is 0 Å². The summed E-state index contributed by atoms with van der Waals surface area (Å²) in [6, 6.07) is 7.13. The minimum atomic E-state index is -0.661. The Balaban J connectivity index is 1.53. The van der Waals surface area contributed by atoms with Crippen LogP contribution in [0.25, 0.3) is 11.0 Å². The summed E-state index contributed by atoms with van der Waals surface area (Å²) in [5.41, 5.74) is 8.00. The summed E-state index contributed by atoms with van der Waals surface area (Å²) < 4.78 is 5.01. The van der Waals surface area contributed by atoms with Crippen molar-refractivity contribution < 1.29 is 14.3 Å². The van der Waals surface area contributed by atoms with E-state index in [-0.39, 0.29) is 24.1 Å². The lowest BCUT2D eigenvalue weighted by molar-refractivity contribution is -0.117. The minimum absolute atomic E-state index is 0.0829. The lowest BCUT2D eigenvalue weighted by atomic mass is 10.2. The van der Waals surface area contributed by atoms with Crippen LogP contribution < -0.4 is 20.9 Å². The molecule has 30 heavy (non-hydrogen) atoms. The third-order valence-corrected chi connectivity index (χ3v) is 4.80. The molecule has 0 bridgehead atoms. The van der Waals surface area contributed by atoms with Crippen molar-refractivity contribution >= 4 is 40.3 Å². The topological polar surface area (TPSA) is 142 Å². The second kappa shape index (κ2) is 8.33. The Labute approximate surface area is 172 Å². The van der Waals surface area contributed by atoms with E-state index < -0.39 is 5.91 Å². The van der Waals surface area contributed by atoms with Gasteiger partial charge in [-0.25, -0.2) is 9.97 Å². The number of primary amides is 1. The molecule has 156 valence electrons. The number of nitrogens with one attached hydrogen (secondary N) is 2. The number of ether oxygens (including phenoxy) is 1. The van der Waals surface area contributed by atoms with Crippen LogP contribution in [0, 0.1) is 0 Å². The number of aromatic nitrogens is 4. The summed E-state index contributed by atoms with van der Waals surface area (Å²) in [4.78, 5) is 43.9. The summed E-state index contributed by atoms with van der Waals surface area (Å²) >= 11 is 0. The van der Waals surface area contributed by atoms with Gasteiger partial charge in [0, 0.05) is 38.5 Å².